The number of carboxylic acids is 1. The molecule has 0 aliphatic heterocycles. The van der Waals surface area contributed by atoms with E-state index in [0.29, 0.717) is 10.6 Å². The number of aromatic carboxylic acids is 1. The maximum Gasteiger partial charge on any atom is 0.216 e. The normalized spacial score (nSPS) is 11.0. The molecule has 0 saturated heterocycles. The summed E-state index contributed by atoms with van der Waals surface area (Å²) in [4.78, 5) is 14.7. The molecule has 2 aromatic heterocycles. The molecule has 1 N–H and O–H groups in total. The third-order valence-electron chi connectivity index (χ3n) is 3.06. The molecule has 0 aliphatic carbocycles. The van der Waals surface area contributed by atoms with Crippen LogP contribution in [0.3, 0.4) is 0 Å². The first-order valence-electron chi connectivity index (χ1n) is 6.59. The van der Waals surface area contributed by atoms with E-state index in [1.807, 2.05) is 0 Å². The van der Waals surface area contributed by atoms with Crippen LogP contribution in [0.5, 0.6) is 0 Å². The van der Waals surface area contributed by atoms with Crippen LogP contribution in [0.15, 0.2) is 53.9 Å². The molecule has 0 unspecified atom stereocenters. The average molecular weight is 324 g/mol. The minimum absolute atomic E-state index is 0.111. The first kappa shape index (κ1) is 14.8. The molecule has 114 valence electrons. The van der Waals surface area contributed by atoms with Gasteiger partial charge in [0.1, 0.15) is 0 Å². The van der Waals surface area contributed by atoms with Gasteiger partial charge in [0, 0.05) is 18.0 Å². The second-order valence-corrected chi connectivity index (χ2v) is 4.94. The number of nitrogens with zero attached hydrogens (tertiary/aromatic N) is 4. The molecule has 3 rings (SSSR count). The van der Waals surface area contributed by atoms with Gasteiger partial charge in [-0.3, -0.25) is 4.98 Å². The van der Waals surface area contributed by atoms with E-state index >= 15 is 0 Å². The second-order valence-electron chi connectivity index (χ2n) is 4.55. The number of carboxylic acid groups (broad SMARTS) is 1. The van der Waals surface area contributed by atoms with Gasteiger partial charge in [-0.2, -0.15) is 14.9 Å². The van der Waals surface area contributed by atoms with Gasteiger partial charge < -0.3 is 9.90 Å². The maximum absolute atomic E-state index is 10.7. The Morgan fingerprint density at radius 1 is 1.22 bits per heavy atom. The quantitative estimate of drug-likeness (QED) is 0.575. The van der Waals surface area contributed by atoms with Crippen molar-refractivity contribution in [2.75, 3.05) is 0 Å². The van der Waals surface area contributed by atoms with E-state index in [1.54, 1.807) is 42.9 Å². The van der Waals surface area contributed by atoms with Crippen LogP contribution in [0.2, 0.25) is 0 Å². The maximum atomic E-state index is 10.7. The third-order valence-corrected chi connectivity index (χ3v) is 3.32. The van der Waals surface area contributed by atoms with Crippen molar-refractivity contribution < 1.29 is 9.90 Å². The molecule has 0 atom stereocenters. The first-order chi connectivity index (χ1) is 11.1. The van der Waals surface area contributed by atoms with Gasteiger partial charge in [0.2, 0.25) is 4.77 Å². The van der Waals surface area contributed by atoms with Crippen LogP contribution in [-0.4, -0.2) is 32.0 Å². The van der Waals surface area contributed by atoms with Gasteiger partial charge in [-0.25, -0.2) is 5.10 Å². The Morgan fingerprint density at radius 3 is 2.57 bits per heavy atom. The van der Waals surface area contributed by atoms with Crippen LogP contribution in [0.1, 0.15) is 15.9 Å². The van der Waals surface area contributed by atoms with Crippen molar-refractivity contribution in [3.63, 3.8) is 0 Å². The highest BCUT2D eigenvalue weighted by molar-refractivity contribution is 7.71. The highest BCUT2D eigenvalue weighted by Gasteiger charge is 2.07. The van der Waals surface area contributed by atoms with Crippen molar-refractivity contribution in [1.82, 2.24) is 19.9 Å². The number of aromatic nitrogens is 4. The Bertz CT molecular complexity index is 913. The van der Waals surface area contributed by atoms with Gasteiger partial charge in [-0.05, 0) is 35.5 Å². The van der Waals surface area contributed by atoms with Gasteiger partial charge in [0.05, 0.1) is 12.2 Å². The summed E-state index contributed by atoms with van der Waals surface area (Å²) in [6.07, 6.45) is 4.87. The number of pyridine rings is 1. The summed E-state index contributed by atoms with van der Waals surface area (Å²) in [6.45, 7) is 0. The summed E-state index contributed by atoms with van der Waals surface area (Å²) in [6, 6.07) is 9.76. The Balaban J connectivity index is 1.93. The third kappa shape index (κ3) is 3.22. The van der Waals surface area contributed by atoms with Crippen molar-refractivity contribution in [2.24, 2.45) is 5.10 Å². The smallest absolute Gasteiger partial charge is 0.216 e. The lowest BCUT2D eigenvalue weighted by Crippen LogP contribution is -2.21. The molecule has 0 aliphatic rings. The molecule has 1 aromatic carbocycles. The van der Waals surface area contributed by atoms with Gasteiger partial charge in [0.25, 0.3) is 0 Å². The summed E-state index contributed by atoms with van der Waals surface area (Å²) in [5, 5.41) is 21.9. The first-order valence-corrected chi connectivity index (χ1v) is 6.99. The molecule has 0 bridgehead atoms. The minimum Gasteiger partial charge on any atom is -0.545 e. The van der Waals surface area contributed by atoms with E-state index in [1.165, 1.54) is 16.8 Å². The summed E-state index contributed by atoms with van der Waals surface area (Å²) in [7, 11) is 0. The molecular weight excluding hydrogens is 314 g/mol. The summed E-state index contributed by atoms with van der Waals surface area (Å²) >= 11 is 5.17. The zero-order valence-corrected chi connectivity index (χ0v) is 12.5. The Labute approximate surface area is 136 Å². The number of hydrogen-bond donors (Lipinski definition) is 1. The fourth-order valence-corrected chi connectivity index (χ4v) is 2.10. The van der Waals surface area contributed by atoms with E-state index in [-0.39, 0.29) is 5.56 Å². The molecule has 3 aromatic rings. The van der Waals surface area contributed by atoms with Crippen LogP contribution >= 0.6 is 12.2 Å². The van der Waals surface area contributed by atoms with Crippen LogP contribution in [0, 0.1) is 4.77 Å². The van der Waals surface area contributed by atoms with Crippen molar-refractivity contribution in [3.05, 3.63) is 64.7 Å². The molecule has 0 radical (unpaired) electrons. The van der Waals surface area contributed by atoms with Crippen LogP contribution < -0.4 is 5.11 Å². The highest BCUT2D eigenvalue weighted by Crippen LogP contribution is 2.15. The van der Waals surface area contributed by atoms with Crippen molar-refractivity contribution >= 4 is 24.4 Å². The van der Waals surface area contributed by atoms with Crippen molar-refractivity contribution in [2.45, 2.75) is 0 Å². The predicted octanol–water partition coefficient (Wildman–Crippen LogP) is 1.25. The molecule has 0 amide bonds. The number of rotatable bonds is 4. The Morgan fingerprint density at radius 2 is 1.91 bits per heavy atom. The predicted molar refractivity (Wildman–Crippen MR) is 84.4 cm³/mol. The summed E-state index contributed by atoms with van der Waals surface area (Å²) < 4.78 is 1.83. The number of nitrogens with one attached hydrogen (secondary N) is 1. The average Bonchev–Trinajstić information content (AvgIpc) is 2.95. The van der Waals surface area contributed by atoms with E-state index < -0.39 is 5.97 Å². The van der Waals surface area contributed by atoms with E-state index in [0.717, 1.165) is 11.1 Å². The van der Waals surface area contributed by atoms with E-state index in [9.17, 15) is 9.90 Å². The van der Waals surface area contributed by atoms with Gasteiger partial charge in [-0.15, -0.1) is 0 Å². The van der Waals surface area contributed by atoms with Crippen LogP contribution in [-0.2, 0) is 0 Å². The number of H-pyrrole nitrogens is 1. The van der Waals surface area contributed by atoms with Gasteiger partial charge in [0.15, 0.2) is 5.82 Å². The van der Waals surface area contributed by atoms with E-state index in [4.69, 9.17) is 12.2 Å². The SMILES string of the molecule is O=C([O-])c1ccc(C=Nn2c(-c3ccncc3)n[nH]c2=S)cc1. The molecule has 8 heteroatoms. The highest BCUT2D eigenvalue weighted by atomic mass is 32.1. The topological polar surface area (TPSA) is 99.0 Å². The molecule has 2 heterocycles. The molecule has 0 spiro atoms. The minimum atomic E-state index is -1.22. The Kier molecular flexibility index (Phi) is 4.07. The van der Waals surface area contributed by atoms with Crippen molar-refractivity contribution in [3.8, 4) is 11.4 Å². The molecule has 23 heavy (non-hydrogen) atoms. The lowest BCUT2D eigenvalue weighted by molar-refractivity contribution is -0.255. The largest absolute Gasteiger partial charge is 0.545 e. The van der Waals surface area contributed by atoms with Crippen molar-refractivity contribution in [1.29, 1.82) is 0 Å². The number of hydrogen-bond acceptors (Lipinski definition) is 6. The zero-order valence-electron chi connectivity index (χ0n) is 11.7. The zero-order chi connectivity index (χ0) is 16.2. The number of benzene rings is 1. The fraction of sp³-hybridized carbons (Fsp3) is 0. The van der Waals surface area contributed by atoms with Crippen LogP contribution in [0.4, 0.5) is 0 Å². The Hall–Kier alpha value is -3.13. The summed E-state index contributed by atoms with van der Waals surface area (Å²) in [5.74, 6) is -0.662. The van der Waals surface area contributed by atoms with E-state index in [2.05, 4.69) is 20.3 Å². The number of carbonyl (C=O) groups is 1. The molecule has 7 nitrogen and oxygen atoms in total. The molecule has 0 saturated carbocycles. The van der Waals surface area contributed by atoms with Gasteiger partial charge in [-0.1, -0.05) is 24.3 Å². The fourth-order valence-electron chi connectivity index (χ4n) is 1.92. The number of carbonyl (C=O) groups excluding carboxylic acids is 1. The van der Waals surface area contributed by atoms with Gasteiger partial charge >= 0.3 is 0 Å². The lowest BCUT2D eigenvalue weighted by Gasteiger charge is -2.02. The summed E-state index contributed by atoms with van der Waals surface area (Å²) in [5.41, 5.74) is 1.65. The lowest BCUT2D eigenvalue weighted by atomic mass is 10.1. The monoisotopic (exact) mass is 324 g/mol. The molecular formula is C15H10N5O2S-. The van der Waals surface area contributed by atoms with Crippen LogP contribution in [0.25, 0.3) is 11.4 Å². The number of aromatic amines is 1. The standard InChI is InChI=1S/C15H11N5O2S/c21-14(22)12-3-1-10(2-4-12)9-17-20-13(18-19-15(20)23)11-5-7-16-8-6-11/h1-9H,(H,19,23)(H,21,22)/p-1. The second kappa shape index (κ2) is 6.32. The molecule has 0 fully saturated rings.